The van der Waals surface area contributed by atoms with E-state index in [2.05, 4.69) is 31.0 Å². The Hall–Kier alpha value is -2.17. The predicted molar refractivity (Wildman–Crippen MR) is 245 cm³/mol. The van der Waals surface area contributed by atoms with Crippen molar-refractivity contribution in [3.8, 4) is 0 Å². The first kappa shape index (κ1) is 52.8. The van der Waals surface area contributed by atoms with Gasteiger partial charge in [-0.3, -0.25) is 9.59 Å². The number of amides is 2. The topological polar surface area (TPSA) is 177 Å². The number of ether oxygens (including phenoxy) is 5. The molecule has 0 aliphatic carbocycles. The maximum atomic E-state index is 14.8. The molecule has 14 heteroatoms. The Morgan fingerprint density at radius 1 is 0.875 bits per heavy atom. The molecule has 5 aliphatic heterocycles. The second-order valence-electron chi connectivity index (χ2n) is 21.5. The first-order chi connectivity index (χ1) is 29.9. The molecule has 5 aliphatic rings. The minimum atomic E-state index is -1.33. The van der Waals surface area contributed by atoms with Crippen molar-refractivity contribution >= 4 is 17.8 Å². The number of aliphatic hydroxyl groups excluding tert-OH is 1. The van der Waals surface area contributed by atoms with Crippen LogP contribution in [-0.2, 0) is 33.3 Å². The van der Waals surface area contributed by atoms with Gasteiger partial charge in [0.1, 0.15) is 11.8 Å². The highest BCUT2D eigenvalue weighted by Gasteiger charge is 2.64. The van der Waals surface area contributed by atoms with E-state index in [0.717, 1.165) is 19.4 Å². The van der Waals surface area contributed by atoms with E-state index < -0.39 is 88.5 Å². The Labute approximate surface area is 384 Å². The third-order valence-electron chi connectivity index (χ3n) is 17.0. The van der Waals surface area contributed by atoms with Gasteiger partial charge in [0.05, 0.1) is 53.2 Å². The number of nitrogens with one attached hydrogen (secondary N) is 1. The summed E-state index contributed by atoms with van der Waals surface area (Å²) in [6.45, 7) is 23.1. The normalized spacial score (nSPS) is 41.4. The van der Waals surface area contributed by atoms with Crippen molar-refractivity contribution in [3.05, 3.63) is 12.2 Å². The number of aliphatic hydroxyl groups is 2. The highest BCUT2D eigenvalue weighted by molar-refractivity contribution is 5.84. The zero-order valence-electron chi connectivity index (χ0n) is 41.9. The number of carboxylic acids is 1. The van der Waals surface area contributed by atoms with Crippen molar-refractivity contribution < 1.29 is 53.4 Å². The smallest absolute Gasteiger partial charge is 0.317 e. The van der Waals surface area contributed by atoms with Crippen molar-refractivity contribution in [2.45, 2.75) is 212 Å². The van der Waals surface area contributed by atoms with Crippen LogP contribution in [0.25, 0.3) is 0 Å². The summed E-state index contributed by atoms with van der Waals surface area (Å²) < 4.78 is 35.0. The number of Topliss-reactive ketones (excluding diaryl/α,β-unsaturated/α-hetero) is 1. The van der Waals surface area contributed by atoms with E-state index in [1.807, 2.05) is 74.7 Å². The van der Waals surface area contributed by atoms with Gasteiger partial charge in [0.2, 0.25) is 0 Å². The average molecular weight is 906 g/mol. The summed E-state index contributed by atoms with van der Waals surface area (Å²) >= 11 is 0. The molecule has 4 saturated heterocycles. The van der Waals surface area contributed by atoms with Gasteiger partial charge in [0, 0.05) is 43.7 Å². The first-order valence-corrected chi connectivity index (χ1v) is 24.8. The molecule has 0 saturated carbocycles. The first-order valence-electron chi connectivity index (χ1n) is 24.8. The number of hydrogen-bond acceptors (Lipinski definition) is 11. The minimum Gasteiger partial charge on any atom is -0.481 e. The van der Waals surface area contributed by atoms with Crippen molar-refractivity contribution in [3.63, 3.8) is 0 Å². The molecule has 18 atom stereocenters. The SMILES string of the molecule is CC[C@@H](C(=O)[C@@H](C)[C@@H](O)[C@H](C)C1(C)O[C@@H]([C@@H](CC)C(=O)O)CC[C@@H]1C)[C@H]1O[C@]2(C=C[C@@H](NC(=O)N(C)CCCN(C)C)[C@]3(CC[C@@](C)([C@H]4CC[C@](O)(CC)[C@H](C)O4)O3)O2)[C@H](C)C[C@@H]1C. The Morgan fingerprint density at radius 3 is 2.14 bits per heavy atom. The van der Waals surface area contributed by atoms with Gasteiger partial charge in [0.25, 0.3) is 0 Å². The summed E-state index contributed by atoms with van der Waals surface area (Å²) in [5.41, 5.74) is -2.55. The number of carboxylic acid groups (broad SMARTS) is 1. The number of carbonyl (C=O) groups is 3. The zero-order valence-corrected chi connectivity index (χ0v) is 41.9. The number of ketones is 1. The Morgan fingerprint density at radius 2 is 1.55 bits per heavy atom. The molecule has 2 amide bonds. The summed E-state index contributed by atoms with van der Waals surface area (Å²) in [6.07, 6.45) is 7.71. The maximum Gasteiger partial charge on any atom is 0.317 e. The molecule has 4 N–H and O–H groups in total. The molecule has 1 unspecified atom stereocenters. The average Bonchev–Trinajstić information content (AvgIpc) is 3.58. The van der Waals surface area contributed by atoms with Gasteiger partial charge in [-0.25, -0.2) is 4.79 Å². The van der Waals surface area contributed by atoms with Gasteiger partial charge in [-0.2, -0.15) is 0 Å². The molecule has 0 aromatic carbocycles. The van der Waals surface area contributed by atoms with E-state index in [1.165, 1.54) is 0 Å². The second-order valence-corrected chi connectivity index (χ2v) is 21.5. The van der Waals surface area contributed by atoms with Crippen molar-refractivity contribution in [2.75, 3.05) is 34.2 Å². The Balaban J connectivity index is 1.41. The lowest BCUT2D eigenvalue weighted by molar-refractivity contribution is -0.398. The van der Waals surface area contributed by atoms with E-state index in [4.69, 9.17) is 23.7 Å². The van der Waals surface area contributed by atoms with Crippen LogP contribution in [0.15, 0.2) is 12.2 Å². The van der Waals surface area contributed by atoms with Crippen LogP contribution in [0.1, 0.15) is 147 Å². The number of nitrogens with zero attached hydrogens (tertiary/aromatic N) is 2. The van der Waals surface area contributed by atoms with E-state index in [1.54, 1.807) is 18.9 Å². The van der Waals surface area contributed by atoms with Gasteiger partial charge in [-0.1, -0.05) is 61.5 Å². The van der Waals surface area contributed by atoms with Gasteiger partial charge in [-0.15, -0.1) is 0 Å². The zero-order chi connectivity index (χ0) is 47.7. The van der Waals surface area contributed by atoms with Crippen molar-refractivity contribution in [1.82, 2.24) is 15.1 Å². The van der Waals surface area contributed by atoms with Crippen LogP contribution >= 0.6 is 0 Å². The fourth-order valence-corrected chi connectivity index (χ4v) is 11.9. The summed E-state index contributed by atoms with van der Waals surface area (Å²) in [4.78, 5) is 44.6. The van der Waals surface area contributed by atoms with Crippen LogP contribution in [-0.4, -0.2) is 142 Å². The molecular formula is C50H87N3O11. The molecule has 368 valence electrons. The van der Waals surface area contributed by atoms with Crippen LogP contribution in [0.4, 0.5) is 4.79 Å². The summed E-state index contributed by atoms with van der Waals surface area (Å²) in [7, 11) is 5.81. The minimum absolute atomic E-state index is 0.0244. The molecule has 4 fully saturated rings. The van der Waals surface area contributed by atoms with Gasteiger partial charge in [0.15, 0.2) is 11.6 Å². The maximum absolute atomic E-state index is 14.8. The standard InChI is InChI=1S/C50H87N3O11/c1-15-36(44(56)57)38-20-19-31(5)47(11,61-38)34(8)41(54)33(7)42(55)37(16-2)43-30(4)29-32(6)49(62-43)24-21-39(51-45(58)53(14)28-18-27-52(12)13)50(64-49)26-25-46(10,63-50)40-22-23-48(59,17-3)35(9)60-40/h21,24,30-41,43,54,59H,15-20,22-23,25-29H2,1-14H3,(H,51,58)(H,56,57)/t30-,31-,32+,33-,34-,35-,36+,37-,38+,39+,40+,41+,43-,46-,47?,48+,49-,50-/m0/s1. The van der Waals surface area contributed by atoms with Gasteiger partial charge >= 0.3 is 12.0 Å². The largest absolute Gasteiger partial charge is 0.481 e. The van der Waals surface area contributed by atoms with E-state index in [0.29, 0.717) is 64.3 Å². The lowest BCUT2D eigenvalue weighted by Crippen LogP contribution is -2.66. The van der Waals surface area contributed by atoms with E-state index in [9.17, 15) is 29.7 Å². The Bertz CT molecular complexity index is 1650. The predicted octanol–water partition coefficient (Wildman–Crippen LogP) is 7.18. The van der Waals surface area contributed by atoms with Crippen molar-refractivity contribution in [1.29, 1.82) is 0 Å². The number of carbonyl (C=O) groups excluding carboxylic acids is 2. The van der Waals surface area contributed by atoms with Gasteiger partial charge in [-0.05, 0) is 124 Å². The Kier molecular flexibility index (Phi) is 17.0. The van der Waals surface area contributed by atoms with Gasteiger partial charge < -0.3 is 54.1 Å². The van der Waals surface area contributed by atoms with Crippen LogP contribution in [0.3, 0.4) is 0 Å². The highest BCUT2D eigenvalue weighted by Crippen LogP contribution is 2.54. The fraction of sp³-hybridized carbons (Fsp3) is 0.900. The molecule has 0 aromatic rings. The lowest BCUT2D eigenvalue weighted by Gasteiger charge is -2.55. The summed E-state index contributed by atoms with van der Waals surface area (Å²) in [5, 5.41) is 36.5. The number of hydrogen-bond donors (Lipinski definition) is 4. The molecule has 0 aromatic heterocycles. The number of aliphatic carboxylic acids is 1. The summed E-state index contributed by atoms with van der Waals surface area (Å²) in [5.74, 6) is -6.16. The molecule has 2 spiro atoms. The van der Waals surface area contributed by atoms with E-state index >= 15 is 0 Å². The molecular weight excluding hydrogens is 819 g/mol. The van der Waals surface area contributed by atoms with Crippen LogP contribution in [0.5, 0.6) is 0 Å². The third kappa shape index (κ3) is 10.4. The van der Waals surface area contributed by atoms with Crippen LogP contribution in [0.2, 0.25) is 0 Å². The number of rotatable bonds is 17. The molecule has 64 heavy (non-hydrogen) atoms. The quantitative estimate of drug-likeness (QED) is 0.108. The third-order valence-corrected chi connectivity index (χ3v) is 17.0. The molecule has 0 radical (unpaired) electrons. The number of urea groups is 1. The molecule has 14 nitrogen and oxygen atoms in total. The van der Waals surface area contributed by atoms with E-state index in [-0.39, 0.29) is 35.7 Å². The van der Waals surface area contributed by atoms with Crippen LogP contribution < -0.4 is 5.32 Å². The van der Waals surface area contributed by atoms with Crippen LogP contribution in [0, 0.1) is 41.4 Å². The van der Waals surface area contributed by atoms with Crippen molar-refractivity contribution in [2.24, 2.45) is 41.4 Å². The lowest BCUT2D eigenvalue weighted by atomic mass is 9.68. The molecule has 0 bridgehead atoms. The molecule has 5 rings (SSSR count). The molecule has 5 heterocycles. The second kappa shape index (κ2) is 20.6. The monoisotopic (exact) mass is 906 g/mol. The highest BCUT2D eigenvalue weighted by atomic mass is 16.8. The fourth-order valence-electron chi connectivity index (χ4n) is 11.9. The summed E-state index contributed by atoms with van der Waals surface area (Å²) in [6, 6.07) is -0.910.